The summed E-state index contributed by atoms with van der Waals surface area (Å²) in [7, 11) is 0.944. The largest absolute Gasteiger partial charge is 0.495 e. The topological polar surface area (TPSA) is 101 Å². The molecule has 1 N–H and O–H groups in total. The van der Waals surface area contributed by atoms with E-state index in [4.69, 9.17) is 9.47 Å². The molecular formula is C33H39N3O6S. The Morgan fingerprint density at radius 3 is 2.49 bits per heavy atom. The van der Waals surface area contributed by atoms with Crippen molar-refractivity contribution in [2.24, 2.45) is 13.0 Å². The maximum absolute atomic E-state index is 14.5. The Hall–Kier alpha value is -3.70. The normalized spacial score (nSPS) is 18.7. The molecule has 9 nitrogen and oxygen atoms in total. The number of aromatic nitrogens is 1. The zero-order valence-electron chi connectivity index (χ0n) is 25.2. The third-order valence-corrected chi connectivity index (χ3v) is 10.3. The van der Waals surface area contributed by atoms with Crippen molar-refractivity contribution in [1.82, 2.24) is 13.8 Å². The number of ether oxygens (including phenoxy) is 2. The molecule has 0 spiro atoms. The molecule has 1 aliphatic heterocycles. The van der Waals surface area contributed by atoms with Gasteiger partial charge in [0.2, 0.25) is 10.0 Å². The second kappa shape index (κ2) is 12.5. The standard InChI is InChI=1S/C33H39N3O6S/c1-22-18-36(23(2)20-37)33(38)32-31(26-14-8-9-15-27(26)35(32)4)25-13-7-6-12-24(25)21-42-29(22)19-34(3)43(39,40)30-17-11-10-16-28(30)41-5/h6-17,22-23,29,37H,18-21H2,1-5H3/t22-,23-,29+/m1/s1. The van der Waals surface area contributed by atoms with Crippen LogP contribution in [0.3, 0.4) is 0 Å². The highest BCUT2D eigenvalue weighted by atomic mass is 32.2. The van der Waals surface area contributed by atoms with Crippen LogP contribution in [0.25, 0.3) is 22.0 Å². The molecule has 10 heteroatoms. The van der Waals surface area contributed by atoms with Gasteiger partial charge in [0.15, 0.2) is 0 Å². The van der Waals surface area contributed by atoms with Crippen molar-refractivity contribution in [2.75, 3.05) is 33.9 Å². The molecule has 2 heterocycles. The van der Waals surface area contributed by atoms with Gasteiger partial charge in [-0.15, -0.1) is 0 Å². The minimum Gasteiger partial charge on any atom is -0.495 e. The van der Waals surface area contributed by atoms with E-state index in [1.54, 1.807) is 23.1 Å². The summed E-state index contributed by atoms with van der Waals surface area (Å²) in [6.45, 7) is 4.07. The number of para-hydroxylation sites is 2. The number of benzene rings is 3. The summed E-state index contributed by atoms with van der Waals surface area (Å²) in [5, 5.41) is 11.2. The summed E-state index contributed by atoms with van der Waals surface area (Å²) in [5.74, 6) is -0.220. The monoisotopic (exact) mass is 605 g/mol. The number of nitrogens with zero attached hydrogens (tertiary/aromatic N) is 3. The molecule has 0 fully saturated rings. The summed E-state index contributed by atoms with van der Waals surface area (Å²) < 4.78 is 42.4. The molecule has 1 aliphatic rings. The lowest BCUT2D eigenvalue weighted by atomic mass is 9.96. The first kappa shape index (κ1) is 30.7. The maximum Gasteiger partial charge on any atom is 0.271 e. The van der Waals surface area contributed by atoms with Crippen molar-refractivity contribution < 1.29 is 27.8 Å². The van der Waals surface area contributed by atoms with E-state index in [9.17, 15) is 18.3 Å². The molecule has 5 rings (SSSR count). The molecule has 0 radical (unpaired) electrons. The predicted molar refractivity (Wildman–Crippen MR) is 166 cm³/mol. The van der Waals surface area contributed by atoms with E-state index in [1.807, 2.05) is 74.0 Å². The Morgan fingerprint density at radius 2 is 1.74 bits per heavy atom. The number of rotatable bonds is 7. The van der Waals surface area contributed by atoms with Gasteiger partial charge in [0.05, 0.1) is 32.5 Å². The summed E-state index contributed by atoms with van der Waals surface area (Å²) >= 11 is 0. The van der Waals surface area contributed by atoms with Crippen molar-refractivity contribution in [3.63, 3.8) is 0 Å². The smallest absolute Gasteiger partial charge is 0.271 e. The third-order valence-electron chi connectivity index (χ3n) is 8.42. The van der Waals surface area contributed by atoms with Crippen LogP contribution in [0.5, 0.6) is 5.75 Å². The Labute approximate surface area is 253 Å². The van der Waals surface area contributed by atoms with Crippen LogP contribution in [0.15, 0.2) is 77.7 Å². The van der Waals surface area contributed by atoms with Crippen molar-refractivity contribution in [2.45, 2.75) is 37.5 Å². The number of aliphatic hydroxyl groups excluding tert-OH is 1. The van der Waals surface area contributed by atoms with Gasteiger partial charge in [-0.05, 0) is 36.2 Å². The number of sulfonamides is 1. The molecular weight excluding hydrogens is 566 g/mol. The molecule has 43 heavy (non-hydrogen) atoms. The Bertz CT molecular complexity index is 1730. The van der Waals surface area contributed by atoms with Crippen LogP contribution in [0, 0.1) is 5.92 Å². The second-order valence-electron chi connectivity index (χ2n) is 11.2. The van der Waals surface area contributed by atoms with Crippen LogP contribution < -0.4 is 4.74 Å². The first-order valence-electron chi connectivity index (χ1n) is 14.4. The molecule has 228 valence electrons. The van der Waals surface area contributed by atoms with E-state index < -0.39 is 22.2 Å². The van der Waals surface area contributed by atoms with Gasteiger partial charge in [-0.25, -0.2) is 8.42 Å². The Morgan fingerprint density at radius 1 is 1.07 bits per heavy atom. The number of fused-ring (bicyclic) bond motifs is 5. The van der Waals surface area contributed by atoms with E-state index in [-0.39, 0.29) is 48.8 Å². The van der Waals surface area contributed by atoms with Gasteiger partial charge in [-0.2, -0.15) is 4.31 Å². The molecule has 0 bridgehead atoms. The molecule has 1 amide bonds. The summed E-state index contributed by atoms with van der Waals surface area (Å²) in [4.78, 5) is 16.2. The van der Waals surface area contributed by atoms with E-state index in [1.165, 1.54) is 24.5 Å². The molecule has 3 atom stereocenters. The molecule has 0 unspecified atom stereocenters. The van der Waals surface area contributed by atoms with Gasteiger partial charge in [-0.1, -0.05) is 61.5 Å². The third kappa shape index (κ3) is 5.68. The van der Waals surface area contributed by atoms with Crippen molar-refractivity contribution in [3.8, 4) is 16.9 Å². The minimum absolute atomic E-state index is 0.0507. The fourth-order valence-electron chi connectivity index (χ4n) is 5.88. The molecule has 0 saturated heterocycles. The fourth-order valence-corrected chi connectivity index (χ4v) is 7.21. The average Bonchev–Trinajstić information content (AvgIpc) is 3.31. The van der Waals surface area contributed by atoms with Crippen LogP contribution in [0.4, 0.5) is 0 Å². The number of carbonyl (C=O) groups excluding carboxylic acids is 1. The number of hydrogen-bond donors (Lipinski definition) is 1. The van der Waals surface area contributed by atoms with Gasteiger partial charge in [0, 0.05) is 49.6 Å². The summed E-state index contributed by atoms with van der Waals surface area (Å²) in [6, 6.07) is 21.8. The number of carbonyl (C=O) groups is 1. The molecule has 1 aromatic heterocycles. The van der Waals surface area contributed by atoms with E-state index in [0.29, 0.717) is 5.69 Å². The van der Waals surface area contributed by atoms with Crippen LogP contribution in [0.2, 0.25) is 0 Å². The van der Waals surface area contributed by atoms with Gasteiger partial charge in [-0.3, -0.25) is 4.79 Å². The zero-order chi connectivity index (χ0) is 30.9. The van der Waals surface area contributed by atoms with Gasteiger partial charge >= 0.3 is 0 Å². The number of aryl methyl sites for hydroxylation is 1. The van der Waals surface area contributed by atoms with E-state index >= 15 is 0 Å². The zero-order valence-corrected chi connectivity index (χ0v) is 26.0. The highest BCUT2D eigenvalue weighted by Gasteiger charge is 2.35. The van der Waals surface area contributed by atoms with E-state index in [2.05, 4.69) is 0 Å². The minimum atomic E-state index is -3.92. The van der Waals surface area contributed by atoms with Crippen molar-refractivity contribution in [3.05, 3.63) is 84.1 Å². The van der Waals surface area contributed by atoms with Crippen LogP contribution in [-0.2, 0) is 28.4 Å². The van der Waals surface area contributed by atoms with Crippen LogP contribution in [0.1, 0.15) is 29.9 Å². The summed E-state index contributed by atoms with van der Waals surface area (Å²) in [6.07, 6.45) is -0.568. The molecule has 0 saturated carbocycles. The Balaban J connectivity index is 1.60. The number of hydrogen-bond acceptors (Lipinski definition) is 6. The van der Waals surface area contributed by atoms with Crippen molar-refractivity contribution >= 4 is 26.8 Å². The summed E-state index contributed by atoms with van der Waals surface area (Å²) in [5.41, 5.74) is 4.06. The molecule has 4 aromatic rings. The van der Waals surface area contributed by atoms with E-state index in [0.717, 1.165) is 27.6 Å². The molecule has 0 aliphatic carbocycles. The SMILES string of the molecule is COc1ccccc1S(=O)(=O)N(C)C[C@@H]1OCc2ccccc2-c2c(n(C)c3ccccc23)C(=O)N([C@H](C)CO)C[C@H]1C. The van der Waals surface area contributed by atoms with Gasteiger partial charge in [0.25, 0.3) is 5.91 Å². The van der Waals surface area contributed by atoms with Crippen LogP contribution in [-0.4, -0.2) is 79.2 Å². The van der Waals surface area contributed by atoms with Crippen molar-refractivity contribution in [1.29, 1.82) is 0 Å². The number of aliphatic hydroxyl groups is 1. The molecule has 3 aromatic carbocycles. The van der Waals surface area contributed by atoms with Gasteiger partial charge < -0.3 is 24.0 Å². The second-order valence-corrected chi connectivity index (χ2v) is 13.2. The van der Waals surface area contributed by atoms with Crippen LogP contribution >= 0.6 is 0 Å². The van der Waals surface area contributed by atoms with Gasteiger partial charge in [0.1, 0.15) is 16.3 Å². The quantitative estimate of drug-likeness (QED) is 0.332. The lowest BCUT2D eigenvalue weighted by molar-refractivity contribution is -0.0147. The Kier molecular flexibility index (Phi) is 8.94. The first-order chi connectivity index (χ1) is 20.6. The predicted octanol–water partition coefficient (Wildman–Crippen LogP) is 4.53. The number of methoxy groups -OCH3 is 1. The first-order valence-corrected chi connectivity index (χ1v) is 15.8. The highest BCUT2D eigenvalue weighted by molar-refractivity contribution is 7.89. The lowest BCUT2D eigenvalue weighted by Gasteiger charge is -2.35. The fraction of sp³-hybridized carbons (Fsp3) is 0.364. The lowest BCUT2D eigenvalue weighted by Crippen LogP contribution is -2.48. The highest BCUT2D eigenvalue weighted by Crippen LogP contribution is 2.38. The number of likely N-dealkylation sites (N-methyl/N-ethyl adjacent to an activating group) is 1. The number of amides is 1. The average molecular weight is 606 g/mol. The maximum atomic E-state index is 14.5.